The Morgan fingerprint density at radius 2 is 1.30 bits per heavy atom. The normalized spacial score (nSPS) is 28.1. The van der Waals surface area contributed by atoms with Gasteiger partial charge in [-0.05, 0) is 199 Å². The van der Waals surface area contributed by atoms with E-state index in [2.05, 4.69) is 26.6 Å². The Morgan fingerprint density at radius 3 is 1.91 bits per heavy atom. The number of phenolic OH excluding ortho intramolecular Hbond substituents is 2. The molecule has 15 bridgehead atoms. The largest absolute Gasteiger partial charge is 0.507 e. The van der Waals surface area contributed by atoms with E-state index in [1.54, 1.807) is 31.2 Å². The molecule has 6 aromatic rings. The zero-order valence-electron chi connectivity index (χ0n) is 63.8. The number of aliphatic hydroxyl groups excluding tert-OH is 6. The standard InChI is InChI=1S/C85H96Cl2N6O22/c1-5-7-18-111-51-13-11-50(12-14-51)89-69(101)27-41-25-55-70(59(96)26-41)54-28-43(8-15-58(54)95)53-36-61(98)71-48-32-65(112-63-16-9-44(29-56(63)86)75(102)73(92-81(107)42(6-2)19-38(3)4)60(97)31-49(34-68(88)100)82(108)90-71)80(115-85-79(106)78(105)77(104)67(37-94)114-85)66(33-48)113-64-17-10-45(30-57(64)87)76(103)74(93-83(53)109)84(110)91-72(55)62(99)35-52-46-21-39-20-40(23-46)24-47(52)22-39/h8-17,25-26,28-30,32-33,38-40,42,46-47,49,52-53,67,71-79,85,94-96,102-106H,5-7,18-24,27,31,34-37H2,1-4H3,(H2,88,100)(H,89,101)(H,90,108)(H,91,110)(H,92,107)(H,93,109)/t39?,40?,42-,46?,47?,49+,52?,53-,67-,71-,72+,73+,74+,75-,76-,77-,78+,79-,85?/m1/s1. The zero-order chi connectivity index (χ0) is 82.1. The van der Waals surface area contributed by atoms with Gasteiger partial charge in [0.1, 0.15) is 89.5 Å². The molecule has 5 fully saturated rings. The Morgan fingerprint density at radius 1 is 0.661 bits per heavy atom. The average Bonchev–Trinajstić information content (AvgIpc) is 0.760. The van der Waals surface area contributed by atoms with Crippen molar-refractivity contribution < 1.29 is 108 Å². The van der Waals surface area contributed by atoms with Gasteiger partial charge in [-0.3, -0.25) is 43.2 Å². The molecule has 14 atom stereocenters. The number of aliphatic hydroxyl groups is 6. The third kappa shape index (κ3) is 18.3. The number of fused-ring (bicyclic) bond motifs is 15. The van der Waals surface area contributed by atoms with Crippen LogP contribution in [0.1, 0.15) is 175 Å². The third-order valence-corrected chi connectivity index (χ3v) is 24.1. The maximum absolute atomic E-state index is 16.4. The second-order valence-electron chi connectivity index (χ2n) is 32.1. The van der Waals surface area contributed by atoms with Crippen LogP contribution in [0.15, 0.2) is 103 Å². The number of aromatic hydroxyl groups is 2. The summed E-state index contributed by atoms with van der Waals surface area (Å²) in [6, 6.07) is 14.9. The number of rotatable bonds is 20. The predicted octanol–water partition coefficient (Wildman–Crippen LogP) is 8.88. The first-order valence-electron chi connectivity index (χ1n) is 39.2. The minimum atomic E-state index is -2.15. The molecule has 6 amide bonds. The summed E-state index contributed by atoms with van der Waals surface area (Å²) in [4.78, 5) is 137. The van der Waals surface area contributed by atoms with Gasteiger partial charge in [0, 0.05) is 48.4 Å². The topological polar surface area (TPSA) is 448 Å². The lowest BCUT2D eigenvalue weighted by Crippen LogP contribution is -2.60. The van der Waals surface area contributed by atoms with Crippen LogP contribution in [0.25, 0.3) is 11.1 Å². The molecule has 0 radical (unpaired) electrons. The van der Waals surface area contributed by atoms with Crippen LogP contribution in [0.4, 0.5) is 5.69 Å². The molecule has 10 aliphatic rings. The third-order valence-electron chi connectivity index (χ3n) is 23.5. The van der Waals surface area contributed by atoms with Crippen LogP contribution in [0.5, 0.6) is 46.0 Å². The van der Waals surface area contributed by atoms with Gasteiger partial charge in [0.2, 0.25) is 47.5 Å². The Labute approximate surface area is 673 Å². The molecule has 28 nitrogen and oxygen atoms in total. The van der Waals surface area contributed by atoms with Gasteiger partial charge in [-0.15, -0.1) is 0 Å². The number of halogens is 2. The Balaban J connectivity index is 0.990. The number of anilines is 1. The van der Waals surface area contributed by atoms with E-state index in [1.165, 1.54) is 60.7 Å². The van der Waals surface area contributed by atoms with E-state index in [4.69, 9.17) is 52.6 Å². The van der Waals surface area contributed by atoms with Crippen LogP contribution in [-0.4, -0.2) is 150 Å². The predicted molar refractivity (Wildman–Crippen MR) is 417 cm³/mol. The smallest absolute Gasteiger partial charge is 0.246 e. The highest BCUT2D eigenvalue weighted by Crippen LogP contribution is 2.58. The summed E-state index contributed by atoms with van der Waals surface area (Å²) in [5, 5.41) is 108. The number of unbranched alkanes of at least 4 members (excludes halogenated alkanes) is 1. The first-order valence-corrected chi connectivity index (χ1v) is 40.0. The minimum Gasteiger partial charge on any atom is -0.507 e. The number of primary amides is 1. The summed E-state index contributed by atoms with van der Waals surface area (Å²) in [6.45, 7) is 7.14. The van der Waals surface area contributed by atoms with E-state index in [0.717, 1.165) is 63.1 Å². The number of Topliss-reactive ketones (excluding diaryl/α,β-unsaturated/α-hetero) is 3. The van der Waals surface area contributed by atoms with Crippen molar-refractivity contribution in [2.45, 2.75) is 191 Å². The second kappa shape index (κ2) is 35.4. The van der Waals surface area contributed by atoms with Crippen LogP contribution in [0, 0.1) is 47.3 Å². The fraction of sp³-hybridized carbons (Fsp3) is 0.471. The number of nitrogens with two attached hydrogens (primary N) is 1. The summed E-state index contributed by atoms with van der Waals surface area (Å²) >= 11 is 14.3. The van der Waals surface area contributed by atoms with Crippen molar-refractivity contribution in [3.05, 3.63) is 147 Å². The van der Waals surface area contributed by atoms with E-state index >= 15 is 28.8 Å². The second-order valence-corrected chi connectivity index (χ2v) is 32.9. The molecule has 6 aliphatic heterocycles. The van der Waals surface area contributed by atoms with E-state index in [9.17, 15) is 55.2 Å². The lowest BCUT2D eigenvalue weighted by molar-refractivity contribution is -0.277. The Hall–Kier alpha value is -9.75. The van der Waals surface area contributed by atoms with Gasteiger partial charge in [0.25, 0.3) is 0 Å². The molecular formula is C85H96Cl2N6O22. The molecule has 4 aliphatic carbocycles. The molecule has 612 valence electrons. The van der Waals surface area contributed by atoms with E-state index in [1.807, 2.05) is 20.8 Å². The highest BCUT2D eigenvalue weighted by molar-refractivity contribution is 6.32. The highest BCUT2D eigenvalue weighted by atomic mass is 35.5. The van der Waals surface area contributed by atoms with Gasteiger partial charge in [0.15, 0.2) is 28.8 Å². The van der Waals surface area contributed by atoms with Gasteiger partial charge in [-0.25, -0.2) is 0 Å². The van der Waals surface area contributed by atoms with Crippen molar-refractivity contribution in [1.29, 1.82) is 0 Å². The summed E-state index contributed by atoms with van der Waals surface area (Å²) in [7, 11) is 0. The van der Waals surface area contributed by atoms with Crippen molar-refractivity contribution >= 4 is 81.7 Å². The van der Waals surface area contributed by atoms with Crippen molar-refractivity contribution in [2.75, 3.05) is 18.5 Å². The van der Waals surface area contributed by atoms with Crippen molar-refractivity contribution in [1.82, 2.24) is 21.3 Å². The first-order chi connectivity index (χ1) is 54.9. The molecule has 0 spiro atoms. The lowest BCUT2D eigenvalue weighted by Gasteiger charge is -2.54. The van der Waals surface area contributed by atoms with Gasteiger partial charge in [-0.2, -0.15) is 0 Å². The van der Waals surface area contributed by atoms with Gasteiger partial charge in [-0.1, -0.05) is 81.6 Å². The number of carbonyl (C=O) groups excluding carboxylic acids is 9. The molecule has 1 unspecified atom stereocenters. The summed E-state index contributed by atoms with van der Waals surface area (Å²) in [5.74, 6) is -14.6. The van der Waals surface area contributed by atoms with E-state index < -0.39 is 199 Å². The number of hydrogen-bond acceptors (Lipinski definition) is 22. The molecule has 0 aromatic heterocycles. The number of phenols is 2. The fourth-order valence-corrected chi connectivity index (χ4v) is 18.2. The maximum atomic E-state index is 16.4. The SMILES string of the molecule is CCCCOc1ccc(NC(=O)Cc2cc(O)c3c(c2)[C@@H](C(=O)CC2C4CC5CC(C4)CC2C5)NC(=O)[C@H]2NC(=O)[C@H](CC(=O)[C@@H]4NC(=O)[C@H](CC(N)=O)CC(=O)[C@H](NC(=O)[C@H](CC)CC(C)C)[C@H](O)c5ccc(c(Cl)c5)Oc5cc4cc(c5OC4O[C@H](CO)[C@@H](O)[C@H](O)[C@H]4O)Oc4ccc(cc4Cl)[C@H]2O)c2ccc(O)c-3c2)cc1. The molecule has 1 saturated heterocycles. The lowest BCUT2D eigenvalue weighted by atomic mass is 9.51. The Bertz CT molecular complexity index is 4700. The first kappa shape index (κ1) is 83.2. The number of nitrogens with one attached hydrogen (secondary N) is 5. The number of carbonyl (C=O) groups is 9. The van der Waals surface area contributed by atoms with Crippen molar-refractivity contribution in [3.63, 3.8) is 0 Å². The van der Waals surface area contributed by atoms with Crippen molar-refractivity contribution in [3.8, 4) is 57.1 Å². The zero-order valence-corrected chi connectivity index (χ0v) is 65.3. The molecular weight excluding hydrogens is 1530 g/mol. The summed E-state index contributed by atoms with van der Waals surface area (Å²) in [5.41, 5.74) is 5.11. The molecule has 16 rings (SSSR count). The fourth-order valence-electron chi connectivity index (χ4n) is 17.8. The molecule has 6 aromatic carbocycles. The van der Waals surface area contributed by atoms with Crippen molar-refractivity contribution in [2.24, 2.45) is 53.1 Å². The summed E-state index contributed by atoms with van der Waals surface area (Å²) in [6.07, 6.45) is -10.00. The van der Waals surface area contributed by atoms with Crippen LogP contribution >= 0.6 is 23.2 Å². The molecule has 6 heterocycles. The van der Waals surface area contributed by atoms with Gasteiger partial charge < -0.3 is 96.9 Å². The van der Waals surface area contributed by atoms with E-state index in [-0.39, 0.29) is 96.1 Å². The number of hydrogen-bond donors (Lipinski definition) is 14. The Kier molecular flexibility index (Phi) is 25.6. The quantitative estimate of drug-likeness (QED) is 0.0317. The maximum Gasteiger partial charge on any atom is 0.246 e. The number of benzene rings is 6. The summed E-state index contributed by atoms with van der Waals surface area (Å²) < 4.78 is 31.3. The van der Waals surface area contributed by atoms with Crippen LogP contribution in [-0.2, 0) is 54.3 Å². The van der Waals surface area contributed by atoms with Gasteiger partial charge in [0.05, 0.1) is 41.5 Å². The van der Waals surface area contributed by atoms with Gasteiger partial charge >= 0.3 is 0 Å². The number of ether oxygens (including phenoxy) is 5. The monoisotopic (exact) mass is 1620 g/mol. The van der Waals surface area contributed by atoms with E-state index in [0.29, 0.717) is 42.7 Å². The number of amides is 6. The molecule has 15 N–H and O–H groups in total. The molecule has 4 saturated carbocycles. The minimum absolute atomic E-state index is 0.00288. The average molecular weight is 1620 g/mol. The van der Waals surface area contributed by atoms with Crippen LogP contribution in [0.2, 0.25) is 10.0 Å². The molecule has 115 heavy (non-hydrogen) atoms. The van der Waals surface area contributed by atoms with Crippen LogP contribution < -0.4 is 51.3 Å². The van der Waals surface area contributed by atoms with Crippen LogP contribution in [0.3, 0.4) is 0 Å². The highest BCUT2D eigenvalue weighted by Gasteiger charge is 2.51. The molecule has 30 heteroatoms. The number of ketones is 3.